The number of carbonyl (C=O) groups is 1. The van der Waals surface area contributed by atoms with Gasteiger partial charge < -0.3 is 10.2 Å². The predicted octanol–water partition coefficient (Wildman–Crippen LogP) is 1.17. The molecule has 4 nitrogen and oxygen atoms in total. The molecule has 1 heterocycles. The zero-order valence-electron chi connectivity index (χ0n) is 12.6. The Kier molecular flexibility index (Phi) is 5.60. The van der Waals surface area contributed by atoms with Gasteiger partial charge in [0.25, 0.3) is 0 Å². The molecular formula is C14H29N3O. The fourth-order valence-corrected chi connectivity index (χ4v) is 2.51. The van der Waals surface area contributed by atoms with Crippen molar-refractivity contribution in [3.8, 4) is 0 Å². The van der Waals surface area contributed by atoms with E-state index in [1.165, 1.54) is 0 Å². The van der Waals surface area contributed by atoms with Crippen LogP contribution in [0.4, 0.5) is 0 Å². The summed E-state index contributed by atoms with van der Waals surface area (Å²) in [5.41, 5.74) is -0.385. The highest BCUT2D eigenvalue weighted by Crippen LogP contribution is 2.18. The van der Waals surface area contributed by atoms with Crippen LogP contribution in [0.15, 0.2) is 0 Å². The van der Waals surface area contributed by atoms with Crippen LogP contribution in [0, 0.1) is 5.92 Å². The second-order valence-corrected chi connectivity index (χ2v) is 6.00. The van der Waals surface area contributed by atoms with E-state index >= 15 is 0 Å². The highest BCUT2D eigenvalue weighted by atomic mass is 16.2. The van der Waals surface area contributed by atoms with Crippen LogP contribution in [0.5, 0.6) is 0 Å². The van der Waals surface area contributed by atoms with Crippen LogP contribution in [0.25, 0.3) is 0 Å². The van der Waals surface area contributed by atoms with Crippen molar-refractivity contribution in [1.29, 1.82) is 0 Å². The summed E-state index contributed by atoms with van der Waals surface area (Å²) >= 11 is 0. The van der Waals surface area contributed by atoms with Crippen molar-refractivity contribution in [3.63, 3.8) is 0 Å². The highest BCUT2D eigenvalue weighted by molar-refractivity contribution is 5.85. The van der Waals surface area contributed by atoms with E-state index in [-0.39, 0.29) is 11.4 Å². The molecule has 0 aromatic heterocycles. The minimum absolute atomic E-state index is 0.240. The molecule has 1 unspecified atom stereocenters. The van der Waals surface area contributed by atoms with Gasteiger partial charge in [0.05, 0.1) is 5.54 Å². The molecule has 0 spiro atoms. The number of hydrogen-bond donors (Lipinski definition) is 1. The summed E-state index contributed by atoms with van der Waals surface area (Å²) in [6.45, 7) is 13.2. The first-order valence-electron chi connectivity index (χ1n) is 7.11. The average molecular weight is 255 g/mol. The van der Waals surface area contributed by atoms with E-state index in [0.29, 0.717) is 5.92 Å². The summed E-state index contributed by atoms with van der Waals surface area (Å²) in [5, 5.41) is 3.33. The van der Waals surface area contributed by atoms with E-state index in [1.54, 1.807) is 0 Å². The molecule has 0 aromatic carbocycles. The van der Waals surface area contributed by atoms with Crippen molar-refractivity contribution in [2.45, 2.75) is 39.7 Å². The summed E-state index contributed by atoms with van der Waals surface area (Å²) in [6.07, 6.45) is 1.12. The molecule has 1 aliphatic heterocycles. The molecule has 0 radical (unpaired) electrons. The molecular weight excluding hydrogens is 226 g/mol. The van der Waals surface area contributed by atoms with Crippen LogP contribution >= 0.6 is 0 Å². The highest BCUT2D eigenvalue weighted by Gasteiger charge is 2.37. The van der Waals surface area contributed by atoms with Gasteiger partial charge in [-0.2, -0.15) is 0 Å². The van der Waals surface area contributed by atoms with Gasteiger partial charge in [0.1, 0.15) is 0 Å². The van der Waals surface area contributed by atoms with Crippen molar-refractivity contribution in [2.75, 3.05) is 39.8 Å². The number of carbonyl (C=O) groups excluding carboxylic acids is 1. The summed E-state index contributed by atoms with van der Waals surface area (Å²) in [5.74, 6) is 0.808. The Morgan fingerprint density at radius 2 is 1.94 bits per heavy atom. The van der Waals surface area contributed by atoms with Gasteiger partial charge in [-0.3, -0.25) is 9.69 Å². The van der Waals surface area contributed by atoms with Crippen LogP contribution in [0.2, 0.25) is 0 Å². The van der Waals surface area contributed by atoms with Crippen LogP contribution in [0.1, 0.15) is 34.1 Å². The fraction of sp³-hybridized carbons (Fsp3) is 0.929. The maximum Gasteiger partial charge on any atom is 0.242 e. The average Bonchev–Trinajstić information content (AvgIpc) is 2.38. The molecule has 4 heteroatoms. The second kappa shape index (κ2) is 6.53. The molecule has 0 saturated carbocycles. The number of hydrogen-bond acceptors (Lipinski definition) is 3. The lowest BCUT2D eigenvalue weighted by Crippen LogP contribution is -2.60. The van der Waals surface area contributed by atoms with Gasteiger partial charge >= 0.3 is 0 Å². The van der Waals surface area contributed by atoms with Crippen molar-refractivity contribution in [2.24, 2.45) is 5.92 Å². The first kappa shape index (κ1) is 15.4. The van der Waals surface area contributed by atoms with E-state index in [9.17, 15) is 4.79 Å². The monoisotopic (exact) mass is 255 g/mol. The third-order valence-electron chi connectivity index (χ3n) is 4.06. The lowest BCUT2D eigenvalue weighted by atomic mass is 9.98. The minimum atomic E-state index is -0.385. The third kappa shape index (κ3) is 3.69. The second-order valence-electron chi connectivity index (χ2n) is 6.00. The smallest absolute Gasteiger partial charge is 0.242 e. The Morgan fingerprint density at radius 3 is 2.44 bits per heavy atom. The molecule has 0 aromatic rings. The molecule has 0 aliphatic carbocycles. The first-order valence-corrected chi connectivity index (χ1v) is 7.11. The summed E-state index contributed by atoms with van der Waals surface area (Å²) in [7, 11) is 1.93. The number of nitrogens with one attached hydrogen (secondary N) is 1. The summed E-state index contributed by atoms with van der Waals surface area (Å²) in [4.78, 5) is 16.8. The minimum Gasteiger partial charge on any atom is -0.344 e. The molecule has 1 N–H and O–H groups in total. The van der Waals surface area contributed by atoms with Crippen LogP contribution in [-0.4, -0.2) is 61.0 Å². The molecule has 106 valence electrons. The van der Waals surface area contributed by atoms with Crippen molar-refractivity contribution < 1.29 is 4.79 Å². The molecule has 1 rings (SSSR count). The lowest BCUT2D eigenvalue weighted by molar-refractivity contribution is -0.142. The van der Waals surface area contributed by atoms with Gasteiger partial charge in [-0.15, -0.1) is 0 Å². The van der Waals surface area contributed by atoms with Gasteiger partial charge in [-0.25, -0.2) is 0 Å². The van der Waals surface area contributed by atoms with Gasteiger partial charge in [0.15, 0.2) is 0 Å². The normalized spacial score (nSPS) is 19.6. The van der Waals surface area contributed by atoms with Crippen molar-refractivity contribution in [3.05, 3.63) is 0 Å². The van der Waals surface area contributed by atoms with E-state index in [1.807, 2.05) is 25.8 Å². The Balaban J connectivity index is 2.61. The van der Waals surface area contributed by atoms with Gasteiger partial charge in [-0.05, 0) is 19.8 Å². The lowest BCUT2D eigenvalue weighted by Gasteiger charge is -2.42. The van der Waals surface area contributed by atoms with E-state index in [2.05, 4.69) is 24.1 Å². The Hall–Kier alpha value is -0.610. The van der Waals surface area contributed by atoms with Gasteiger partial charge in [-0.1, -0.05) is 20.3 Å². The maximum absolute atomic E-state index is 12.6. The Morgan fingerprint density at radius 1 is 1.39 bits per heavy atom. The maximum atomic E-state index is 12.6. The third-order valence-corrected chi connectivity index (χ3v) is 4.06. The number of likely N-dealkylation sites (N-methyl/N-ethyl adjacent to an activating group) is 1. The predicted molar refractivity (Wildman–Crippen MR) is 75.6 cm³/mol. The summed E-state index contributed by atoms with van der Waals surface area (Å²) in [6, 6.07) is 0. The van der Waals surface area contributed by atoms with Gasteiger partial charge in [0.2, 0.25) is 5.91 Å². The van der Waals surface area contributed by atoms with Crippen LogP contribution in [0.3, 0.4) is 0 Å². The van der Waals surface area contributed by atoms with Crippen molar-refractivity contribution >= 4 is 5.91 Å². The van der Waals surface area contributed by atoms with Crippen molar-refractivity contribution in [1.82, 2.24) is 15.1 Å². The number of nitrogens with zero attached hydrogens (tertiary/aromatic N) is 2. The van der Waals surface area contributed by atoms with E-state index in [4.69, 9.17) is 0 Å². The Bertz CT molecular complexity index is 272. The van der Waals surface area contributed by atoms with E-state index < -0.39 is 0 Å². The molecule has 1 saturated heterocycles. The number of amides is 1. The number of rotatable bonds is 5. The zero-order valence-corrected chi connectivity index (χ0v) is 12.6. The largest absolute Gasteiger partial charge is 0.344 e. The quantitative estimate of drug-likeness (QED) is 0.801. The molecule has 1 amide bonds. The molecule has 1 fully saturated rings. The Labute approximate surface area is 112 Å². The van der Waals surface area contributed by atoms with Gasteiger partial charge in [0, 0.05) is 39.8 Å². The fourth-order valence-electron chi connectivity index (χ4n) is 2.51. The van der Waals surface area contributed by atoms with E-state index in [0.717, 1.165) is 39.1 Å². The van der Waals surface area contributed by atoms with Crippen LogP contribution in [-0.2, 0) is 4.79 Å². The standard InChI is InChI=1S/C14H29N3O/c1-6-12(2)11-16(5)13(18)14(3,4)17-9-7-15-8-10-17/h12,15H,6-11H2,1-5H3. The summed E-state index contributed by atoms with van der Waals surface area (Å²) < 4.78 is 0. The molecule has 1 atom stereocenters. The topological polar surface area (TPSA) is 35.6 Å². The zero-order chi connectivity index (χ0) is 13.8. The first-order chi connectivity index (χ1) is 8.39. The molecule has 18 heavy (non-hydrogen) atoms. The SMILES string of the molecule is CCC(C)CN(C)C(=O)C(C)(C)N1CCNCC1. The molecule has 0 bridgehead atoms. The van der Waals surface area contributed by atoms with Crippen LogP contribution < -0.4 is 5.32 Å². The molecule has 1 aliphatic rings. The number of piperazine rings is 1.